The second-order valence-electron chi connectivity index (χ2n) is 4.27. The monoisotopic (exact) mass is 241 g/mol. The molecular weight excluding hydrogens is 222 g/mol. The van der Waals surface area contributed by atoms with E-state index in [0.29, 0.717) is 11.7 Å². The fourth-order valence-corrected chi connectivity index (χ4v) is 2.14. The summed E-state index contributed by atoms with van der Waals surface area (Å²) < 4.78 is 0. The number of hydrogen-bond acceptors (Lipinski definition) is 3. The predicted molar refractivity (Wildman–Crippen MR) is 68.9 cm³/mol. The number of carbonyl (C=O) groups excluding carboxylic acids is 1. The minimum absolute atomic E-state index is 0.0400. The first-order chi connectivity index (χ1) is 7.50. The van der Waals surface area contributed by atoms with E-state index in [9.17, 15) is 4.79 Å². The number of nitrogens with one attached hydrogen (secondary N) is 2. The molecule has 0 unspecified atom stereocenters. The summed E-state index contributed by atoms with van der Waals surface area (Å²) in [5.41, 5.74) is 2.55. The number of aryl methyl sites for hydroxylation is 2. The van der Waals surface area contributed by atoms with Crippen LogP contribution in [0.15, 0.2) is 0 Å². The van der Waals surface area contributed by atoms with Crippen LogP contribution in [0.4, 0.5) is 5.69 Å². The van der Waals surface area contributed by atoms with Crippen LogP contribution in [0.5, 0.6) is 0 Å². The van der Waals surface area contributed by atoms with Gasteiger partial charge in [0.25, 0.3) is 0 Å². The van der Waals surface area contributed by atoms with Crippen molar-refractivity contribution in [1.82, 2.24) is 10.2 Å². The molecule has 90 valence electrons. The van der Waals surface area contributed by atoms with Crippen LogP contribution in [0.3, 0.4) is 0 Å². The Morgan fingerprint density at radius 3 is 2.69 bits per heavy atom. The van der Waals surface area contributed by atoms with Gasteiger partial charge >= 0.3 is 0 Å². The van der Waals surface area contributed by atoms with Crippen molar-refractivity contribution >= 4 is 23.4 Å². The lowest BCUT2D eigenvalue weighted by Gasteiger charge is -2.06. The number of nitrogens with zero attached hydrogens (tertiary/aromatic N) is 1. The average molecular weight is 241 g/mol. The third kappa shape index (κ3) is 3.89. The van der Waals surface area contributed by atoms with Crippen molar-refractivity contribution in [3.8, 4) is 0 Å². The van der Waals surface area contributed by atoms with Crippen LogP contribution in [-0.4, -0.2) is 27.6 Å². The first-order valence-corrected chi connectivity index (χ1v) is 6.55. The average Bonchev–Trinajstić information content (AvgIpc) is 2.49. The van der Waals surface area contributed by atoms with Crippen LogP contribution < -0.4 is 5.32 Å². The molecule has 1 rings (SSSR count). The molecule has 4 nitrogen and oxygen atoms in total. The second-order valence-corrected chi connectivity index (χ2v) is 5.30. The lowest BCUT2D eigenvalue weighted by atomic mass is 10.3. The van der Waals surface area contributed by atoms with Gasteiger partial charge in [-0.3, -0.25) is 9.89 Å². The van der Waals surface area contributed by atoms with Gasteiger partial charge in [-0.05, 0) is 25.5 Å². The molecule has 1 amide bonds. The number of aromatic amines is 1. The molecule has 2 N–H and O–H groups in total. The molecule has 0 aliphatic carbocycles. The first kappa shape index (κ1) is 13.1. The Bertz CT molecular complexity index is 341. The lowest BCUT2D eigenvalue weighted by Crippen LogP contribution is -2.15. The van der Waals surface area contributed by atoms with Crippen molar-refractivity contribution in [3.63, 3.8) is 0 Å². The molecule has 1 aromatic heterocycles. The number of carbonyl (C=O) groups is 1. The topological polar surface area (TPSA) is 57.8 Å². The van der Waals surface area contributed by atoms with Gasteiger partial charge in [-0.2, -0.15) is 16.9 Å². The van der Waals surface area contributed by atoms with Crippen molar-refractivity contribution in [2.24, 2.45) is 5.92 Å². The largest absolute Gasteiger partial charge is 0.322 e. The number of rotatable bonds is 5. The molecule has 0 bridgehead atoms. The van der Waals surface area contributed by atoms with Crippen molar-refractivity contribution in [1.29, 1.82) is 0 Å². The van der Waals surface area contributed by atoms with Crippen LogP contribution in [0, 0.1) is 19.8 Å². The van der Waals surface area contributed by atoms with E-state index < -0.39 is 0 Å². The van der Waals surface area contributed by atoms with Gasteiger partial charge in [-0.25, -0.2) is 0 Å². The molecule has 0 spiro atoms. The van der Waals surface area contributed by atoms with Gasteiger partial charge in [0.1, 0.15) is 0 Å². The van der Waals surface area contributed by atoms with Gasteiger partial charge in [-0.1, -0.05) is 13.8 Å². The number of anilines is 1. The number of amides is 1. The lowest BCUT2D eigenvalue weighted by molar-refractivity contribution is -0.113. The minimum Gasteiger partial charge on any atom is -0.322 e. The number of hydrogen-bond donors (Lipinski definition) is 2. The summed E-state index contributed by atoms with van der Waals surface area (Å²) in [6.45, 7) is 8.07. The molecule has 0 saturated carbocycles. The van der Waals surface area contributed by atoms with Crippen LogP contribution >= 0.6 is 11.8 Å². The Morgan fingerprint density at radius 2 is 2.19 bits per heavy atom. The highest BCUT2D eigenvalue weighted by molar-refractivity contribution is 7.99. The SMILES string of the molecule is Cc1n[nH]c(C)c1NC(=O)CSCC(C)C. The molecule has 0 atom stereocenters. The molecule has 0 aliphatic heterocycles. The summed E-state index contributed by atoms with van der Waals surface area (Å²) in [7, 11) is 0. The van der Waals surface area contributed by atoms with E-state index in [-0.39, 0.29) is 5.91 Å². The maximum Gasteiger partial charge on any atom is 0.234 e. The van der Waals surface area contributed by atoms with Crippen molar-refractivity contribution in [2.45, 2.75) is 27.7 Å². The summed E-state index contributed by atoms with van der Waals surface area (Å²) >= 11 is 1.66. The van der Waals surface area contributed by atoms with Crippen LogP contribution in [0.25, 0.3) is 0 Å². The van der Waals surface area contributed by atoms with Crippen LogP contribution in [0.2, 0.25) is 0 Å². The van der Waals surface area contributed by atoms with Crippen LogP contribution in [0.1, 0.15) is 25.2 Å². The zero-order valence-corrected chi connectivity index (χ0v) is 11.1. The highest BCUT2D eigenvalue weighted by Crippen LogP contribution is 2.16. The van der Waals surface area contributed by atoms with Crippen molar-refractivity contribution in [2.75, 3.05) is 16.8 Å². The molecule has 0 fully saturated rings. The molecular formula is C11H19N3OS. The quantitative estimate of drug-likeness (QED) is 0.832. The van der Waals surface area contributed by atoms with Gasteiger partial charge in [0.05, 0.1) is 22.8 Å². The van der Waals surface area contributed by atoms with Crippen molar-refractivity contribution in [3.05, 3.63) is 11.4 Å². The van der Waals surface area contributed by atoms with Gasteiger partial charge in [-0.15, -0.1) is 0 Å². The fourth-order valence-electron chi connectivity index (χ4n) is 1.30. The Morgan fingerprint density at radius 1 is 1.50 bits per heavy atom. The summed E-state index contributed by atoms with van der Waals surface area (Å²) in [5.74, 6) is 2.17. The summed E-state index contributed by atoms with van der Waals surface area (Å²) in [6, 6.07) is 0. The zero-order valence-electron chi connectivity index (χ0n) is 10.3. The number of aromatic nitrogens is 2. The molecule has 1 heterocycles. The molecule has 0 radical (unpaired) electrons. The van der Waals surface area contributed by atoms with Gasteiger partial charge < -0.3 is 5.32 Å². The molecule has 0 saturated heterocycles. The summed E-state index contributed by atoms with van der Waals surface area (Å²) in [4.78, 5) is 11.6. The molecule has 5 heteroatoms. The number of thioether (sulfide) groups is 1. The predicted octanol–water partition coefficient (Wildman–Crippen LogP) is 2.35. The normalized spacial score (nSPS) is 10.8. The summed E-state index contributed by atoms with van der Waals surface area (Å²) in [5, 5.41) is 9.75. The van der Waals surface area contributed by atoms with E-state index in [1.165, 1.54) is 0 Å². The van der Waals surface area contributed by atoms with E-state index >= 15 is 0 Å². The highest BCUT2D eigenvalue weighted by Gasteiger charge is 2.10. The van der Waals surface area contributed by atoms with E-state index in [0.717, 1.165) is 22.8 Å². The number of H-pyrrole nitrogens is 1. The second kappa shape index (κ2) is 5.94. The van der Waals surface area contributed by atoms with Gasteiger partial charge in [0.2, 0.25) is 5.91 Å². The minimum atomic E-state index is 0.0400. The Hall–Kier alpha value is -0.970. The highest BCUT2D eigenvalue weighted by atomic mass is 32.2. The van der Waals surface area contributed by atoms with E-state index in [4.69, 9.17) is 0 Å². The first-order valence-electron chi connectivity index (χ1n) is 5.40. The van der Waals surface area contributed by atoms with Crippen LogP contribution in [-0.2, 0) is 4.79 Å². The van der Waals surface area contributed by atoms with E-state index in [2.05, 4.69) is 29.4 Å². The third-order valence-electron chi connectivity index (χ3n) is 2.08. The van der Waals surface area contributed by atoms with E-state index in [1.54, 1.807) is 11.8 Å². The zero-order chi connectivity index (χ0) is 12.1. The molecule has 1 aromatic rings. The molecule has 0 aromatic carbocycles. The fraction of sp³-hybridized carbons (Fsp3) is 0.636. The van der Waals surface area contributed by atoms with Gasteiger partial charge in [0.15, 0.2) is 0 Å². The Balaban J connectivity index is 2.40. The molecule has 16 heavy (non-hydrogen) atoms. The van der Waals surface area contributed by atoms with Gasteiger partial charge in [0, 0.05) is 0 Å². The standard InChI is InChI=1S/C11H19N3OS/c1-7(2)5-16-6-10(15)12-11-8(3)13-14-9(11)4/h7H,5-6H2,1-4H3,(H,12,15)(H,13,14). The molecule has 0 aliphatic rings. The van der Waals surface area contributed by atoms with E-state index in [1.807, 2.05) is 13.8 Å². The Kier molecular flexibility index (Phi) is 4.86. The third-order valence-corrected chi connectivity index (χ3v) is 3.45. The smallest absolute Gasteiger partial charge is 0.234 e. The Labute approximate surface area is 101 Å². The summed E-state index contributed by atoms with van der Waals surface area (Å²) in [6.07, 6.45) is 0. The maximum absolute atomic E-state index is 11.6. The maximum atomic E-state index is 11.6. The van der Waals surface area contributed by atoms with Crippen molar-refractivity contribution < 1.29 is 4.79 Å².